The van der Waals surface area contributed by atoms with Gasteiger partial charge in [-0.3, -0.25) is 9.89 Å². The van der Waals surface area contributed by atoms with Crippen LogP contribution in [0.2, 0.25) is 0 Å². The van der Waals surface area contributed by atoms with Crippen molar-refractivity contribution in [2.24, 2.45) is 7.05 Å². The van der Waals surface area contributed by atoms with E-state index in [1.807, 2.05) is 72.4 Å². The van der Waals surface area contributed by atoms with E-state index in [1.54, 1.807) is 6.20 Å². The quantitative estimate of drug-likeness (QED) is 0.604. The van der Waals surface area contributed by atoms with Crippen LogP contribution in [0.1, 0.15) is 27.9 Å². The number of hydrogen-bond acceptors (Lipinski definition) is 3. The predicted molar refractivity (Wildman–Crippen MR) is 95.1 cm³/mol. The van der Waals surface area contributed by atoms with Crippen LogP contribution < -0.4 is 5.32 Å². The fourth-order valence-corrected chi connectivity index (χ4v) is 2.93. The molecule has 0 bridgehead atoms. The molecule has 124 valence electrons. The minimum absolute atomic E-state index is 0.241. The first kappa shape index (κ1) is 15.1. The van der Waals surface area contributed by atoms with Gasteiger partial charge in [-0.15, -0.1) is 0 Å². The number of fused-ring (bicyclic) bond motifs is 1. The highest BCUT2D eigenvalue weighted by atomic mass is 16.2. The van der Waals surface area contributed by atoms with Crippen molar-refractivity contribution >= 4 is 16.8 Å². The lowest BCUT2D eigenvalue weighted by Gasteiger charge is -2.18. The number of carbonyl (C=O) groups excluding carboxylic acids is 1. The molecule has 0 aliphatic carbocycles. The smallest absolute Gasteiger partial charge is 0.273 e. The van der Waals surface area contributed by atoms with Crippen molar-refractivity contribution in [2.45, 2.75) is 6.04 Å². The number of imidazole rings is 1. The molecule has 25 heavy (non-hydrogen) atoms. The molecule has 0 radical (unpaired) electrons. The first-order valence-corrected chi connectivity index (χ1v) is 8.00. The largest absolute Gasteiger partial charge is 0.337 e. The SMILES string of the molecule is Cn1ccnc1C(NC(=O)c1n[nH]c2ccccc12)c1ccccc1. The molecule has 0 aliphatic rings. The van der Waals surface area contributed by atoms with Crippen LogP contribution in [0, 0.1) is 0 Å². The summed E-state index contributed by atoms with van der Waals surface area (Å²) in [6, 6.07) is 17.0. The number of amides is 1. The normalized spacial score (nSPS) is 12.2. The van der Waals surface area contributed by atoms with Crippen molar-refractivity contribution in [1.82, 2.24) is 25.1 Å². The van der Waals surface area contributed by atoms with E-state index < -0.39 is 0 Å². The Bertz CT molecular complexity index is 1020. The summed E-state index contributed by atoms with van der Waals surface area (Å²) in [6.45, 7) is 0. The number of hydrogen-bond donors (Lipinski definition) is 2. The van der Waals surface area contributed by atoms with Crippen LogP contribution >= 0.6 is 0 Å². The van der Waals surface area contributed by atoms with E-state index in [9.17, 15) is 4.79 Å². The molecule has 0 saturated carbocycles. The highest BCUT2D eigenvalue weighted by Gasteiger charge is 2.23. The van der Waals surface area contributed by atoms with Crippen molar-refractivity contribution in [2.75, 3.05) is 0 Å². The molecule has 0 fully saturated rings. The Labute approximate surface area is 144 Å². The Morgan fingerprint density at radius 3 is 2.64 bits per heavy atom. The molecule has 2 aromatic carbocycles. The van der Waals surface area contributed by atoms with E-state index in [1.165, 1.54) is 0 Å². The van der Waals surface area contributed by atoms with Crippen LogP contribution in [-0.4, -0.2) is 25.7 Å². The van der Waals surface area contributed by atoms with Crippen molar-refractivity contribution in [3.63, 3.8) is 0 Å². The lowest BCUT2D eigenvalue weighted by molar-refractivity contribution is 0.0937. The predicted octanol–water partition coefficient (Wildman–Crippen LogP) is 2.82. The summed E-state index contributed by atoms with van der Waals surface area (Å²) in [6.07, 6.45) is 3.59. The molecule has 4 rings (SSSR count). The molecule has 0 aliphatic heterocycles. The minimum atomic E-state index is -0.357. The Morgan fingerprint density at radius 2 is 1.88 bits per heavy atom. The van der Waals surface area contributed by atoms with E-state index >= 15 is 0 Å². The molecule has 2 heterocycles. The third kappa shape index (κ3) is 2.78. The van der Waals surface area contributed by atoms with E-state index in [4.69, 9.17) is 0 Å². The Hall–Kier alpha value is -3.41. The van der Waals surface area contributed by atoms with Gasteiger partial charge in [0, 0.05) is 24.8 Å². The van der Waals surface area contributed by atoms with Crippen LogP contribution in [0.3, 0.4) is 0 Å². The zero-order valence-corrected chi connectivity index (χ0v) is 13.7. The van der Waals surface area contributed by atoms with Gasteiger partial charge in [0.1, 0.15) is 11.9 Å². The van der Waals surface area contributed by atoms with Gasteiger partial charge in [0.15, 0.2) is 5.69 Å². The van der Waals surface area contributed by atoms with Crippen LogP contribution in [-0.2, 0) is 7.05 Å². The number of carbonyl (C=O) groups is 1. The van der Waals surface area contributed by atoms with Gasteiger partial charge in [-0.1, -0.05) is 48.5 Å². The zero-order valence-electron chi connectivity index (χ0n) is 13.7. The summed E-state index contributed by atoms with van der Waals surface area (Å²) < 4.78 is 1.90. The van der Waals surface area contributed by atoms with Gasteiger partial charge in [0.2, 0.25) is 0 Å². The standard InChI is InChI=1S/C19H17N5O/c1-24-12-11-20-18(24)16(13-7-3-2-4-8-13)21-19(25)17-14-9-5-6-10-15(14)22-23-17/h2-12,16H,1H3,(H,21,25)(H,22,23). The maximum Gasteiger partial charge on any atom is 0.273 e. The number of aromatic nitrogens is 4. The van der Waals surface area contributed by atoms with E-state index in [2.05, 4.69) is 20.5 Å². The number of aryl methyl sites for hydroxylation is 1. The highest BCUT2D eigenvalue weighted by molar-refractivity contribution is 6.04. The zero-order chi connectivity index (χ0) is 17.2. The number of para-hydroxylation sites is 1. The molecule has 4 aromatic rings. The van der Waals surface area contributed by atoms with Crippen LogP contribution in [0.5, 0.6) is 0 Å². The third-order valence-corrected chi connectivity index (χ3v) is 4.21. The van der Waals surface area contributed by atoms with Gasteiger partial charge in [-0.05, 0) is 11.6 Å². The second-order valence-electron chi connectivity index (χ2n) is 5.83. The first-order valence-electron chi connectivity index (χ1n) is 8.00. The van der Waals surface area contributed by atoms with Crippen LogP contribution in [0.4, 0.5) is 0 Å². The summed E-state index contributed by atoms with van der Waals surface area (Å²) in [5.74, 6) is 0.522. The molecule has 1 atom stereocenters. The maximum absolute atomic E-state index is 12.9. The maximum atomic E-state index is 12.9. The lowest BCUT2D eigenvalue weighted by atomic mass is 10.1. The molecule has 0 saturated heterocycles. The minimum Gasteiger partial charge on any atom is -0.337 e. The summed E-state index contributed by atoms with van der Waals surface area (Å²) in [4.78, 5) is 17.3. The lowest BCUT2D eigenvalue weighted by Crippen LogP contribution is -2.31. The number of nitrogens with one attached hydrogen (secondary N) is 2. The molecule has 1 amide bonds. The molecule has 6 nitrogen and oxygen atoms in total. The second kappa shape index (κ2) is 6.24. The molecule has 6 heteroatoms. The number of H-pyrrole nitrogens is 1. The van der Waals surface area contributed by atoms with Gasteiger partial charge < -0.3 is 9.88 Å². The number of benzene rings is 2. The van der Waals surface area contributed by atoms with E-state index in [0.29, 0.717) is 5.69 Å². The Morgan fingerprint density at radius 1 is 1.12 bits per heavy atom. The molecular weight excluding hydrogens is 314 g/mol. The Kier molecular flexibility index (Phi) is 3.78. The highest BCUT2D eigenvalue weighted by Crippen LogP contribution is 2.22. The van der Waals surface area contributed by atoms with Crippen LogP contribution in [0.15, 0.2) is 67.0 Å². The monoisotopic (exact) mass is 331 g/mol. The topological polar surface area (TPSA) is 75.6 Å². The number of nitrogens with zero attached hydrogens (tertiary/aromatic N) is 3. The van der Waals surface area contributed by atoms with Crippen molar-refractivity contribution in [3.05, 3.63) is 84.1 Å². The molecule has 1 unspecified atom stereocenters. The van der Waals surface area contributed by atoms with Gasteiger partial charge in [-0.2, -0.15) is 5.10 Å². The average Bonchev–Trinajstić information content (AvgIpc) is 3.26. The molecule has 2 aromatic heterocycles. The number of rotatable bonds is 4. The van der Waals surface area contributed by atoms with Gasteiger partial charge >= 0.3 is 0 Å². The van der Waals surface area contributed by atoms with E-state index in [-0.39, 0.29) is 11.9 Å². The van der Waals surface area contributed by atoms with Gasteiger partial charge in [0.25, 0.3) is 5.91 Å². The first-order chi connectivity index (χ1) is 12.2. The second-order valence-corrected chi connectivity index (χ2v) is 5.83. The fraction of sp³-hybridized carbons (Fsp3) is 0.105. The van der Waals surface area contributed by atoms with Crippen molar-refractivity contribution in [1.29, 1.82) is 0 Å². The summed E-state index contributed by atoms with van der Waals surface area (Å²) in [7, 11) is 1.91. The molecule has 2 N–H and O–H groups in total. The summed E-state index contributed by atoms with van der Waals surface area (Å²) >= 11 is 0. The average molecular weight is 331 g/mol. The molecule has 0 spiro atoms. The summed E-state index contributed by atoms with van der Waals surface area (Å²) in [5.41, 5.74) is 2.18. The molecular formula is C19H17N5O. The Balaban J connectivity index is 1.72. The van der Waals surface area contributed by atoms with E-state index in [0.717, 1.165) is 22.3 Å². The summed E-state index contributed by atoms with van der Waals surface area (Å²) in [5, 5.41) is 10.9. The van der Waals surface area contributed by atoms with Gasteiger partial charge in [0.05, 0.1) is 5.52 Å². The van der Waals surface area contributed by atoms with Crippen molar-refractivity contribution in [3.8, 4) is 0 Å². The third-order valence-electron chi connectivity index (χ3n) is 4.21. The van der Waals surface area contributed by atoms with Crippen LogP contribution in [0.25, 0.3) is 10.9 Å². The number of aromatic amines is 1. The van der Waals surface area contributed by atoms with Crippen molar-refractivity contribution < 1.29 is 4.79 Å². The van der Waals surface area contributed by atoms with Gasteiger partial charge in [-0.25, -0.2) is 4.98 Å². The fourth-order valence-electron chi connectivity index (χ4n) is 2.93.